The van der Waals surface area contributed by atoms with Crippen molar-refractivity contribution < 1.29 is 18.4 Å². The van der Waals surface area contributed by atoms with Crippen molar-refractivity contribution in [1.82, 2.24) is 4.90 Å². The molecule has 3 aromatic rings. The first-order chi connectivity index (χ1) is 15.9. The molecule has 1 saturated heterocycles. The molecule has 0 bridgehead atoms. The van der Waals surface area contributed by atoms with Gasteiger partial charge in [-0.15, -0.1) is 11.8 Å². The van der Waals surface area contributed by atoms with E-state index in [0.717, 1.165) is 23.3 Å². The zero-order valence-corrected chi connectivity index (χ0v) is 18.7. The van der Waals surface area contributed by atoms with E-state index in [1.165, 1.54) is 17.8 Å². The lowest BCUT2D eigenvalue weighted by Crippen LogP contribution is -2.51. The van der Waals surface area contributed by atoms with Gasteiger partial charge in [0.1, 0.15) is 0 Å². The molecular weight excluding hydrogens is 444 g/mol. The minimum Gasteiger partial charge on any atom is -0.308 e. The number of fused-ring (bicyclic) bond motifs is 2. The number of hydrogen-bond acceptors (Lipinski definition) is 3. The van der Waals surface area contributed by atoms with Gasteiger partial charge in [-0.2, -0.15) is 0 Å². The van der Waals surface area contributed by atoms with Crippen LogP contribution in [0.3, 0.4) is 0 Å². The molecule has 0 saturated carbocycles. The molecule has 33 heavy (non-hydrogen) atoms. The molecule has 1 spiro atoms. The average molecular weight is 466 g/mol. The number of amides is 3. The standard InChI is InChI=1S/C25H21F2N3O2S/c1-16-5-4-6-18(13-16)28-24(32)30-11-12-33-25(30)19-7-2-3-8-22(19)29(23(25)31)15-17-9-10-20(26)21(27)14-17/h2-10,13-14H,11-12,15H2,1H3,(H,28,32)/t25-/m1/s1. The van der Waals surface area contributed by atoms with E-state index >= 15 is 0 Å². The number of urea groups is 1. The molecule has 2 heterocycles. The van der Waals surface area contributed by atoms with Crippen LogP contribution >= 0.6 is 11.8 Å². The fourth-order valence-corrected chi connectivity index (χ4v) is 5.92. The predicted molar refractivity (Wildman–Crippen MR) is 125 cm³/mol. The van der Waals surface area contributed by atoms with Gasteiger partial charge in [0.2, 0.25) is 0 Å². The number of carbonyl (C=O) groups excluding carboxylic acids is 2. The molecule has 1 fully saturated rings. The number of nitrogens with zero attached hydrogens (tertiary/aromatic N) is 2. The first kappa shape index (κ1) is 21.5. The third kappa shape index (κ3) is 3.54. The van der Waals surface area contributed by atoms with Crippen LogP contribution in [0.25, 0.3) is 0 Å². The third-order valence-corrected chi connectivity index (χ3v) is 7.36. The number of thioether (sulfide) groups is 1. The molecule has 0 aliphatic carbocycles. The summed E-state index contributed by atoms with van der Waals surface area (Å²) in [6, 6.07) is 18.1. The Hall–Kier alpha value is -3.39. The number of nitrogens with one attached hydrogen (secondary N) is 1. The van der Waals surface area contributed by atoms with Gasteiger partial charge in [0.25, 0.3) is 5.91 Å². The maximum absolute atomic E-state index is 13.9. The first-order valence-corrected chi connectivity index (χ1v) is 11.5. The lowest BCUT2D eigenvalue weighted by atomic mass is 10.1. The molecule has 5 rings (SSSR count). The topological polar surface area (TPSA) is 52.7 Å². The normalized spacial score (nSPS) is 19.3. The monoisotopic (exact) mass is 465 g/mol. The summed E-state index contributed by atoms with van der Waals surface area (Å²) in [6.45, 7) is 2.42. The highest BCUT2D eigenvalue weighted by Crippen LogP contribution is 2.54. The fraction of sp³-hybridized carbons (Fsp3) is 0.200. The maximum Gasteiger partial charge on any atom is 0.323 e. The van der Waals surface area contributed by atoms with Gasteiger partial charge in [0, 0.05) is 23.5 Å². The number of benzene rings is 3. The molecule has 2 aliphatic rings. The van der Waals surface area contributed by atoms with E-state index in [4.69, 9.17) is 0 Å². The smallest absolute Gasteiger partial charge is 0.308 e. The Morgan fingerprint density at radius 1 is 1.06 bits per heavy atom. The Kier molecular flexibility index (Phi) is 5.32. The number of carbonyl (C=O) groups is 2. The van der Waals surface area contributed by atoms with E-state index in [1.54, 1.807) is 15.9 Å². The first-order valence-electron chi connectivity index (χ1n) is 10.5. The molecule has 3 aromatic carbocycles. The number of para-hydroxylation sites is 1. The van der Waals surface area contributed by atoms with Crippen LogP contribution in [0.5, 0.6) is 0 Å². The van der Waals surface area contributed by atoms with Crippen molar-refractivity contribution in [3.05, 3.63) is 95.1 Å². The largest absolute Gasteiger partial charge is 0.323 e. The number of rotatable bonds is 3. The van der Waals surface area contributed by atoms with Gasteiger partial charge in [-0.25, -0.2) is 13.6 Å². The second-order valence-electron chi connectivity index (χ2n) is 8.10. The molecule has 3 amide bonds. The van der Waals surface area contributed by atoms with Crippen LogP contribution in [0.4, 0.5) is 25.0 Å². The van der Waals surface area contributed by atoms with Gasteiger partial charge in [0.15, 0.2) is 16.5 Å². The second-order valence-corrected chi connectivity index (χ2v) is 9.39. The van der Waals surface area contributed by atoms with Gasteiger partial charge >= 0.3 is 6.03 Å². The van der Waals surface area contributed by atoms with Gasteiger partial charge in [0.05, 0.1) is 12.2 Å². The summed E-state index contributed by atoms with van der Waals surface area (Å²) in [5, 5.41) is 2.92. The van der Waals surface area contributed by atoms with Crippen molar-refractivity contribution in [2.45, 2.75) is 18.3 Å². The van der Waals surface area contributed by atoms with Crippen LogP contribution in [0.1, 0.15) is 16.7 Å². The van der Waals surface area contributed by atoms with Gasteiger partial charge in [-0.05, 0) is 48.4 Å². The Morgan fingerprint density at radius 2 is 1.88 bits per heavy atom. The van der Waals surface area contributed by atoms with Crippen LogP contribution in [-0.4, -0.2) is 29.1 Å². The second kappa shape index (κ2) is 8.19. The molecule has 0 aromatic heterocycles. The molecular formula is C25H21F2N3O2S. The van der Waals surface area contributed by atoms with E-state index in [1.807, 2.05) is 49.4 Å². The lowest BCUT2D eigenvalue weighted by Gasteiger charge is -2.33. The summed E-state index contributed by atoms with van der Waals surface area (Å²) in [4.78, 5) is 29.1. The summed E-state index contributed by atoms with van der Waals surface area (Å²) >= 11 is 1.41. The minimum absolute atomic E-state index is 0.0721. The highest BCUT2D eigenvalue weighted by molar-refractivity contribution is 8.01. The molecule has 2 aliphatic heterocycles. The summed E-state index contributed by atoms with van der Waals surface area (Å²) in [5.74, 6) is -1.57. The number of aryl methyl sites for hydroxylation is 1. The quantitative estimate of drug-likeness (QED) is 0.575. The Balaban J connectivity index is 1.50. The van der Waals surface area contributed by atoms with Crippen molar-refractivity contribution in [2.24, 2.45) is 0 Å². The summed E-state index contributed by atoms with van der Waals surface area (Å²) in [6.07, 6.45) is 0. The van der Waals surface area contributed by atoms with Crippen LogP contribution in [0.15, 0.2) is 66.7 Å². The van der Waals surface area contributed by atoms with E-state index in [9.17, 15) is 18.4 Å². The van der Waals surface area contributed by atoms with Crippen LogP contribution in [0.2, 0.25) is 0 Å². The number of halogens is 2. The molecule has 8 heteroatoms. The Labute approximate surface area is 194 Å². The van der Waals surface area contributed by atoms with Crippen molar-refractivity contribution >= 4 is 35.1 Å². The molecule has 0 unspecified atom stereocenters. The maximum atomic E-state index is 13.9. The lowest BCUT2D eigenvalue weighted by molar-refractivity contribution is -0.123. The van der Waals surface area contributed by atoms with Crippen LogP contribution < -0.4 is 10.2 Å². The predicted octanol–water partition coefficient (Wildman–Crippen LogP) is 5.25. The summed E-state index contributed by atoms with van der Waals surface area (Å²) in [7, 11) is 0. The number of hydrogen-bond donors (Lipinski definition) is 1. The molecule has 1 atom stereocenters. The van der Waals surface area contributed by atoms with Gasteiger partial charge in [-0.1, -0.05) is 36.4 Å². The zero-order valence-electron chi connectivity index (χ0n) is 17.8. The van der Waals surface area contributed by atoms with E-state index in [-0.39, 0.29) is 18.5 Å². The van der Waals surface area contributed by atoms with E-state index in [0.29, 0.717) is 29.2 Å². The number of anilines is 2. The van der Waals surface area contributed by atoms with E-state index in [2.05, 4.69) is 5.32 Å². The van der Waals surface area contributed by atoms with Crippen molar-refractivity contribution in [2.75, 3.05) is 22.5 Å². The highest BCUT2D eigenvalue weighted by Gasteiger charge is 2.59. The Bertz CT molecular complexity index is 1270. The highest BCUT2D eigenvalue weighted by atomic mass is 32.2. The molecule has 5 nitrogen and oxygen atoms in total. The molecule has 168 valence electrons. The molecule has 1 N–H and O–H groups in total. The van der Waals surface area contributed by atoms with Crippen molar-refractivity contribution in [1.29, 1.82) is 0 Å². The van der Waals surface area contributed by atoms with Crippen LogP contribution in [-0.2, 0) is 16.2 Å². The van der Waals surface area contributed by atoms with Gasteiger partial charge < -0.3 is 10.2 Å². The molecule has 0 radical (unpaired) electrons. The zero-order chi connectivity index (χ0) is 23.2. The summed E-state index contributed by atoms with van der Waals surface area (Å²) < 4.78 is 27.2. The SMILES string of the molecule is Cc1cccc(NC(=O)N2CCS[C@]23C(=O)N(Cc2ccc(F)c(F)c2)c2ccccc23)c1. The van der Waals surface area contributed by atoms with Crippen LogP contribution in [0, 0.1) is 18.6 Å². The van der Waals surface area contributed by atoms with Crippen molar-refractivity contribution in [3.8, 4) is 0 Å². The van der Waals surface area contributed by atoms with Gasteiger partial charge in [-0.3, -0.25) is 9.69 Å². The fourth-order valence-electron chi connectivity index (χ4n) is 4.46. The minimum atomic E-state index is -1.21. The third-order valence-electron chi connectivity index (χ3n) is 5.94. The summed E-state index contributed by atoms with van der Waals surface area (Å²) in [5.41, 5.74) is 3.52. The van der Waals surface area contributed by atoms with Crippen molar-refractivity contribution in [3.63, 3.8) is 0 Å². The van der Waals surface area contributed by atoms with E-state index < -0.39 is 16.5 Å². The Morgan fingerprint density at radius 3 is 2.67 bits per heavy atom. The average Bonchev–Trinajstić information content (AvgIpc) is 3.34.